The van der Waals surface area contributed by atoms with Gasteiger partial charge in [-0.25, -0.2) is 4.79 Å². The third-order valence-corrected chi connectivity index (χ3v) is 3.98. The van der Waals surface area contributed by atoms with Gasteiger partial charge in [0.05, 0.1) is 25.6 Å². The molecule has 0 aliphatic heterocycles. The summed E-state index contributed by atoms with van der Waals surface area (Å²) in [4.78, 5) is 57.9. The average Bonchev–Trinajstić information content (AvgIpc) is 2.70. The fourth-order valence-corrected chi connectivity index (χ4v) is 2.36. The maximum atomic E-state index is 12.1. The number of aliphatic hydroxyl groups excluding tert-OH is 1. The van der Waals surface area contributed by atoms with Crippen LogP contribution in [0.2, 0.25) is 0 Å². The minimum atomic E-state index is -1.68. The number of carbonyl (C=O) groups excluding carboxylic acids is 3. The first-order valence-corrected chi connectivity index (χ1v) is 8.99. The second-order valence-corrected chi connectivity index (χ2v) is 6.49. The highest BCUT2D eigenvalue weighted by atomic mass is 16.4. The zero-order valence-electron chi connectivity index (χ0n) is 16.3. The Bertz CT molecular complexity index is 813. The molecule has 0 aliphatic carbocycles. The van der Waals surface area contributed by atoms with Gasteiger partial charge in [0, 0.05) is 0 Å². The van der Waals surface area contributed by atoms with Crippen LogP contribution in [0.25, 0.3) is 0 Å². The quantitative estimate of drug-likeness (QED) is 0.163. The van der Waals surface area contributed by atoms with Crippen LogP contribution in [0.3, 0.4) is 0 Å². The van der Waals surface area contributed by atoms with Crippen LogP contribution >= 0.6 is 0 Å². The Morgan fingerprint density at radius 2 is 1.55 bits per heavy atom. The van der Waals surface area contributed by atoms with E-state index in [9.17, 15) is 29.1 Å². The van der Waals surface area contributed by atoms with Crippen LogP contribution in [0, 0.1) is 0 Å². The zero-order valence-corrected chi connectivity index (χ0v) is 16.3. The number of aliphatic hydroxyl groups is 1. The van der Waals surface area contributed by atoms with Gasteiger partial charge in [0.1, 0.15) is 17.8 Å². The van der Waals surface area contributed by atoms with Gasteiger partial charge in [-0.2, -0.15) is 0 Å². The lowest BCUT2D eigenvalue weighted by Gasteiger charge is -2.19. The van der Waals surface area contributed by atoms with E-state index in [2.05, 4.69) is 10.6 Å². The van der Waals surface area contributed by atoms with E-state index < -0.39 is 67.4 Å². The third kappa shape index (κ3) is 9.10. The molecule has 0 saturated carbocycles. The molecule has 3 atom stereocenters. The summed E-state index contributed by atoms with van der Waals surface area (Å²) < 4.78 is 0. The molecule has 1 rings (SSSR count). The number of carboxylic acids is 2. The summed E-state index contributed by atoms with van der Waals surface area (Å²) >= 11 is 0. The van der Waals surface area contributed by atoms with Crippen molar-refractivity contribution < 1.29 is 44.4 Å². The van der Waals surface area contributed by atoms with Crippen LogP contribution in [0.4, 0.5) is 0 Å². The Morgan fingerprint density at radius 1 is 0.935 bits per heavy atom. The summed E-state index contributed by atoms with van der Waals surface area (Å²) in [6.07, 6.45) is -0.737. The molecule has 0 heterocycles. The average molecular weight is 440 g/mol. The predicted octanol–water partition coefficient (Wildman–Crippen LogP) is -3.10. The standard InChI is InChI=1S/C18H24N4O9/c19-11(5-9-1-3-10(24)4-2-9)16(28)20-7-14(25)21-12(6-15(26)27)17(29)22-13(8-23)18(30)31/h1-4,11-13,23-24H,5-8,19H2,(H,20,28)(H,21,25)(H,22,29)(H,26,27)(H,30,31). The monoisotopic (exact) mass is 440 g/mol. The summed E-state index contributed by atoms with van der Waals surface area (Å²) in [7, 11) is 0. The molecule has 9 N–H and O–H groups in total. The SMILES string of the molecule is NC(Cc1ccc(O)cc1)C(=O)NCC(=O)NC(CC(=O)O)C(=O)NC(CO)C(=O)O. The predicted molar refractivity (Wildman–Crippen MR) is 104 cm³/mol. The van der Waals surface area contributed by atoms with Crippen LogP contribution in [0.5, 0.6) is 5.75 Å². The fraction of sp³-hybridized carbons (Fsp3) is 0.389. The number of phenols is 1. The number of nitrogens with two attached hydrogens (primary N) is 1. The number of hydrogen-bond donors (Lipinski definition) is 8. The lowest BCUT2D eigenvalue weighted by Crippen LogP contribution is -2.55. The number of benzene rings is 1. The largest absolute Gasteiger partial charge is 0.508 e. The lowest BCUT2D eigenvalue weighted by molar-refractivity contribution is -0.144. The minimum absolute atomic E-state index is 0.0482. The molecular weight excluding hydrogens is 416 g/mol. The number of carboxylic acid groups (broad SMARTS) is 2. The first-order valence-electron chi connectivity index (χ1n) is 8.99. The van der Waals surface area contributed by atoms with Crippen LogP contribution in [-0.4, -0.2) is 81.4 Å². The smallest absolute Gasteiger partial charge is 0.328 e. The molecule has 1 aromatic rings. The molecule has 170 valence electrons. The van der Waals surface area contributed by atoms with Crippen LogP contribution in [-0.2, 0) is 30.4 Å². The van der Waals surface area contributed by atoms with Gasteiger partial charge >= 0.3 is 11.9 Å². The number of carbonyl (C=O) groups is 5. The Balaban J connectivity index is 2.61. The van der Waals surface area contributed by atoms with Crippen molar-refractivity contribution in [3.63, 3.8) is 0 Å². The van der Waals surface area contributed by atoms with Crippen molar-refractivity contribution >= 4 is 29.7 Å². The molecule has 3 unspecified atom stereocenters. The van der Waals surface area contributed by atoms with E-state index in [0.717, 1.165) is 0 Å². The maximum absolute atomic E-state index is 12.1. The highest BCUT2D eigenvalue weighted by Crippen LogP contribution is 2.10. The molecule has 0 aromatic heterocycles. The number of aliphatic carboxylic acids is 2. The number of hydrogen-bond acceptors (Lipinski definition) is 8. The molecule has 1 aromatic carbocycles. The summed E-state index contributed by atoms with van der Waals surface area (Å²) in [5.41, 5.74) is 6.43. The molecule has 13 nitrogen and oxygen atoms in total. The first kappa shape index (κ1) is 25.3. The van der Waals surface area contributed by atoms with E-state index in [1.807, 2.05) is 5.32 Å². The summed E-state index contributed by atoms with van der Waals surface area (Å²) in [6.45, 7) is -1.56. The van der Waals surface area contributed by atoms with Crippen LogP contribution < -0.4 is 21.7 Å². The second-order valence-electron chi connectivity index (χ2n) is 6.49. The van der Waals surface area contributed by atoms with Crippen LogP contribution in [0.15, 0.2) is 24.3 Å². The maximum Gasteiger partial charge on any atom is 0.328 e. The summed E-state index contributed by atoms with van der Waals surface area (Å²) in [6, 6.07) is 1.65. The number of amides is 3. The van der Waals surface area contributed by atoms with E-state index in [1.165, 1.54) is 12.1 Å². The van der Waals surface area contributed by atoms with E-state index in [4.69, 9.17) is 21.1 Å². The molecule has 0 radical (unpaired) electrons. The molecule has 0 saturated heterocycles. The van der Waals surface area contributed by atoms with Crippen molar-refractivity contribution in [2.24, 2.45) is 5.73 Å². The van der Waals surface area contributed by atoms with Gasteiger partial charge in [-0.1, -0.05) is 12.1 Å². The summed E-state index contributed by atoms with van der Waals surface area (Å²) in [5.74, 6) is -5.68. The lowest BCUT2D eigenvalue weighted by atomic mass is 10.1. The molecule has 0 spiro atoms. The Hall–Kier alpha value is -3.71. The number of aromatic hydroxyl groups is 1. The van der Waals surface area contributed by atoms with E-state index in [1.54, 1.807) is 12.1 Å². The van der Waals surface area contributed by atoms with Gasteiger partial charge < -0.3 is 42.1 Å². The van der Waals surface area contributed by atoms with Gasteiger partial charge in [0.15, 0.2) is 0 Å². The van der Waals surface area contributed by atoms with Gasteiger partial charge in [-0.05, 0) is 24.1 Å². The topological polar surface area (TPSA) is 228 Å². The normalized spacial score (nSPS) is 13.4. The van der Waals surface area contributed by atoms with Crippen molar-refractivity contribution in [3.05, 3.63) is 29.8 Å². The molecule has 0 bridgehead atoms. The Kier molecular flexibility index (Phi) is 9.88. The molecular formula is C18H24N4O9. The van der Waals surface area contributed by atoms with Crippen molar-refractivity contribution in [2.75, 3.05) is 13.2 Å². The van der Waals surface area contributed by atoms with Gasteiger partial charge in [-0.15, -0.1) is 0 Å². The van der Waals surface area contributed by atoms with Crippen LogP contribution in [0.1, 0.15) is 12.0 Å². The zero-order chi connectivity index (χ0) is 23.6. The Morgan fingerprint density at radius 3 is 2.06 bits per heavy atom. The first-order chi connectivity index (χ1) is 14.5. The number of nitrogens with one attached hydrogen (secondary N) is 3. The molecule has 13 heteroatoms. The molecule has 0 aliphatic rings. The van der Waals surface area contributed by atoms with Gasteiger partial charge in [-0.3, -0.25) is 19.2 Å². The Labute approximate surface area is 176 Å². The van der Waals surface area contributed by atoms with E-state index in [-0.39, 0.29) is 12.2 Å². The van der Waals surface area contributed by atoms with Crippen molar-refractivity contribution in [3.8, 4) is 5.75 Å². The highest BCUT2D eigenvalue weighted by Gasteiger charge is 2.28. The van der Waals surface area contributed by atoms with Crippen molar-refractivity contribution in [1.82, 2.24) is 16.0 Å². The highest BCUT2D eigenvalue weighted by molar-refractivity contribution is 5.94. The van der Waals surface area contributed by atoms with Crippen molar-refractivity contribution in [2.45, 2.75) is 31.0 Å². The number of phenolic OH excluding ortho intramolecular Hbond substituents is 1. The van der Waals surface area contributed by atoms with Crippen molar-refractivity contribution in [1.29, 1.82) is 0 Å². The minimum Gasteiger partial charge on any atom is -0.508 e. The van der Waals surface area contributed by atoms with Gasteiger partial charge in [0.25, 0.3) is 0 Å². The fourth-order valence-electron chi connectivity index (χ4n) is 2.36. The van der Waals surface area contributed by atoms with E-state index >= 15 is 0 Å². The van der Waals surface area contributed by atoms with Gasteiger partial charge in [0.2, 0.25) is 17.7 Å². The summed E-state index contributed by atoms with van der Waals surface area (Å²) in [5, 5.41) is 42.1. The molecule has 31 heavy (non-hydrogen) atoms. The number of rotatable bonds is 12. The molecule has 3 amide bonds. The third-order valence-electron chi connectivity index (χ3n) is 3.98. The second kappa shape index (κ2) is 12.1. The van der Waals surface area contributed by atoms with E-state index in [0.29, 0.717) is 5.56 Å². The molecule has 0 fully saturated rings.